The van der Waals surface area contributed by atoms with Crippen molar-refractivity contribution in [2.75, 3.05) is 4.90 Å². The predicted octanol–water partition coefficient (Wildman–Crippen LogP) is 13.2. The summed E-state index contributed by atoms with van der Waals surface area (Å²) in [7, 11) is 0. The van der Waals surface area contributed by atoms with Gasteiger partial charge in [-0.1, -0.05) is 129 Å². The average Bonchev–Trinajstić information content (AvgIpc) is 3.82. The van der Waals surface area contributed by atoms with E-state index in [0.29, 0.717) is 11.1 Å². The molecule has 8 aromatic carbocycles. The van der Waals surface area contributed by atoms with E-state index in [2.05, 4.69) is 183 Å². The van der Waals surface area contributed by atoms with Gasteiger partial charge in [-0.2, -0.15) is 10.5 Å². The van der Waals surface area contributed by atoms with Crippen LogP contribution in [-0.2, 0) is 10.8 Å². The predicted molar refractivity (Wildman–Crippen MR) is 230 cm³/mol. The summed E-state index contributed by atoms with van der Waals surface area (Å²) >= 11 is 0. The minimum absolute atomic E-state index is 0.166. The van der Waals surface area contributed by atoms with Crippen LogP contribution in [0, 0.1) is 22.7 Å². The first kappa shape index (κ1) is 32.9. The van der Waals surface area contributed by atoms with Crippen LogP contribution < -0.4 is 4.90 Å². The Morgan fingerprint density at radius 1 is 0.386 bits per heavy atom. The number of hydrogen-bond donors (Lipinski definition) is 0. The molecular weight excluding hydrogens is 691 g/mol. The number of nitrogens with zero attached hydrogens (tertiary/aromatic N) is 3. The van der Waals surface area contributed by atoms with Gasteiger partial charge in [-0.3, -0.25) is 0 Å². The molecule has 0 aliphatic heterocycles. The largest absolute Gasteiger partial charge is 0.310 e. The Bertz CT molecular complexity index is 3020. The molecule has 0 radical (unpaired) electrons. The molecule has 11 rings (SSSR count). The molecule has 0 atom stereocenters. The molecule has 3 heteroatoms. The van der Waals surface area contributed by atoms with Crippen LogP contribution in [-0.4, -0.2) is 0 Å². The van der Waals surface area contributed by atoms with Gasteiger partial charge < -0.3 is 4.90 Å². The second-order valence-corrected chi connectivity index (χ2v) is 15.9. The highest BCUT2D eigenvalue weighted by Gasteiger charge is 2.52. The molecule has 3 nitrogen and oxygen atoms in total. The van der Waals surface area contributed by atoms with E-state index in [1.54, 1.807) is 0 Å². The number of fused-ring (bicyclic) bond motifs is 13. The van der Waals surface area contributed by atoms with Crippen LogP contribution in [0.25, 0.3) is 44.5 Å². The molecule has 3 aliphatic rings. The molecule has 0 N–H and O–H groups in total. The normalized spacial score (nSPS) is 14.0. The molecule has 0 heterocycles. The van der Waals surface area contributed by atoms with Crippen molar-refractivity contribution < 1.29 is 0 Å². The standard InChI is InChI=1S/C54H35N3/c1-53(2)46-14-6-3-10-41(46)44-28-26-38(30-50(44)53)57(37-24-20-35(33-56)21-25-37)39-27-29-45-51(31-39)54(47-15-7-4-11-42(47)43-12-5-8-16-48(43)54)49-17-9-13-40(52(45)49)36-22-18-34(32-55)19-23-36/h3-31H,1-2H3. The highest BCUT2D eigenvalue weighted by Crippen LogP contribution is 2.64. The summed E-state index contributed by atoms with van der Waals surface area (Å²) in [5.41, 5.74) is 21.1. The van der Waals surface area contributed by atoms with E-state index in [0.717, 1.165) is 28.2 Å². The maximum absolute atomic E-state index is 9.77. The number of nitriles is 2. The highest BCUT2D eigenvalue weighted by molar-refractivity contribution is 6.01. The first-order chi connectivity index (χ1) is 27.9. The minimum atomic E-state index is -0.561. The summed E-state index contributed by atoms with van der Waals surface area (Å²) in [6.45, 7) is 4.65. The molecule has 0 fully saturated rings. The van der Waals surface area contributed by atoms with Gasteiger partial charge in [-0.05, 0) is 139 Å². The van der Waals surface area contributed by atoms with Crippen molar-refractivity contribution >= 4 is 17.1 Å². The fourth-order valence-corrected chi connectivity index (χ4v) is 10.2. The highest BCUT2D eigenvalue weighted by atomic mass is 15.1. The van der Waals surface area contributed by atoms with Gasteiger partial charge in [0, 0.05) is 22.5 Å². The Hall–Kier alpha value is -7.46. The summed E-state index contributed by atoms with van der Waals surface area (Å²) in [4.78, 5) is 2.35. The average molecular weight is 726 g/mol. The van der Waals surface area contributed by atoms with E-state index in [1.807, 2.05) is 24.3 Å². The smallest absolute Gasteiger partial charge is 0.0991 e. The van der Waals surface area contributed by atoms with E-state index in [4.69, 9.17) is 0 Å². The summed E-state index contributed by atoms with van der Waals surface area (Å²) in [6.07, 6.45) is 0. The summed E-state index contributed by atoms with van der Waals surface area (Å²) in [6, 6.07) is 67.7. The van der Waals surface area contributed by atoms with Crippen LogP contribution in [0.15, 0.2) is 176 Å². The number of benzene rings is 8. The molecular formula is C54H35N3. The van der Waals surface area contributed by atoms with Gasteiger partial charge in [0.15, 0.2) is 0 Å². The van der Waals surface area contributed by atoms with Crippen molar-refractivity contribution in [2.45, 2.75) is 24.7 Å². The fourth-order valence-electron chi connectivity index (χ4n) is 10.2. The van der Waals surface area contributed by atoms with E-state index in [9.17, 15) is 10.5 Å². The maximum atomic E-state index is 9.77. The zero-order valence-electron chi connectivity index (χ0n) is 31.6. The van der Waals surface area contributed by atoms with E-state index in [1.165, 1.54) is 66.8 Å². The molecule has 0 saturated carbocycles. The van der Waals surface area contributed by atoms with Crippen molar-refractivity contribution in [1.29, 1.82) is 10.5 Å². The number of hydrogen-bond acceptors (Lipinski definition) is 3. The second-order valence-electron chi connectivity index (χ2n) is 15.9. The number of rotatable bonds is 4. The van der Waals surface area contributed by atoms with Gasteiger partial charge in [-0.15, -0.1) is 0 Å². The van der Waals surface area contributed by atoms with E-state index >= 15 is 0 Å². The van der Waals surface area contributed by atoms with Gasteiger partial charge in [0.05, 0.1) is 28.7 Å². The molecule has 0 saturated heterocycles. The Labute approximate surface area is 333 Å². The molecule has 266 valence electrons. The SMILES string of the molecule is CC1(C)c2ccccc2-c2ccc(N(c3ccc(C#N)cc3)c3ccc4c(c3)C3(c5ccccc5-c5ccccc53)c3cccc(-c5ccc(C#N)cc5)c3-4)cc21. The number of anilines is 3. The van der Waals surface area contributed by atoms with Crippen molar-refractivity contribution in [2.24, 2.45) is 0 Å². The van der Waals surface area contributed by atoms with Gasteiger partial charge in [0.25, 0.3) is 0 Å². The zero-order valence-corrected chi connectivity index (χ0v) is 31.6. The van der Waals surface area contributed by atoms with Gasteiger partial charge in [0.2, 0.25) is 0 Å². The van der Waals surface area contributed by atoms with Crippen LogP contribution in [0.3, 0.4) is 0 Å². The molecule has 0 bridgehead atoms. The molecule has 3 aliphatic carbocycles. The fraction of sp³-hybridized carbons (Fsp3) is 0.0741. The van der Waals surface area contributed by atoms with E-state index < -0.39 is 5.41 Å². The lowest BCUT2D eigenvalue weighted by molar-refractivity contribution is 0.660. The topological polar surface area (TPSA) is 50.8 Å². The van der Waals surface area contributed by atoms with Crippen LogP contribution in [0.5, 0.6) is 0 Å². The third-order valence-corrected chi connectivity index (χ3v) is 12.8. The molecule has 0 amide bonds. The van der Waals surface area contributed by atoms with Crippen molar-refractivity contribution in [3.05, 3.63) is 220 Å². The van der Waals surface area contributed by atoms with Crippen LogP contribution in [0.1, 0.15) is 58.4 Å². The second kappa shape index (κ2) is 12.0. The monoisotopic (exact) mass is 725 g/mol. The Morgan fingerprint density at radius 3 is 1.46 bits per heavy atom. The molecule has 0 aromatic heterocycles. The van der Waals surface area contributed by atoms with Crippen molar-refractivity contribution in [3.8, 4) is 56.6 Å². The van der Waals surface area contributed by atoms with Crippen LogP contribution >= 0.6 is 0 Å². The lowest BCUT2D eigenvalue weighted by atomic mass is 9.70. The first-order valence-corrected chi connectivity index (χ1v) is 19.5. The van der Waals surface area contributed by atoms with Crippen LogP contribution in [0.2, 0.25) is 0 Å². The maximum Gasteiger partial charge on any atom is 0.0991 e. The zero-order chi connectivity index (χ0) is 38.5. The minimum Gasteiger partial charge on any atom is -0.310 e. The summed E-state index contributed by atoms with van der Waals surface area (Å²) in [5, 5.41) is 19.4. The Balaban J connectivity index is 1.19. The third kappa shape index (κ3) is 4.46. The van der Waals surface area contributed by atoms with E-state index in [-0.39, 0.29) is 5.41 Å². The summed E-state index contributed by atoms with van der Waals surface area (Å²) < 4.78 is 0. The van der Waals surface area contributed by atoms with Crippen molar-refractivity contribution in [1.82, 2.24) is 0 Å². The first-order valence-electron chi connectivity index (χ1n) is 19.5. The lowest BCUT2D eigenvalue weighted by Crippen LogP contribution is -2.26. The lowest BCUT2D eigenvalue weighted by Gasteiger charge is -2.32. The molecule has 8 aromatic rings. The Morgan fingerprint density at radius 2 is 0.842 bits per heavy atom. The molecule has 57 heavy (non-hydrogen) atoms. The van der Waals surface area contributed by atoms with Gasteiger partial charge in [-0.25, -0.2) is 0 Å². The van der Waals surface area contributed by atoms with Crippen LogP contribution in [0.4, 0.5) is 17.1 Å². The van der Waals surface area contributed by atoms with Gasteiger partial charge in [0.1, 0.15) is 0 Å². The summed E-state index contributed by atoms with van der Waals surface area (Å²) in [5.74, 6) is 0. The Kier molecular flexibility index (Phi) is 6.94. The molecule has 1 spiro atoms. The van der Waals surface area contributed by atoms with Gasteiger partial charge >= 0.3 is 0 Å². The quantitative estimate of drug-likeness (QED) is 0.181. The third-order valence-electron chi connectivity index (χ3n) is 12.8. The van der Waals surface area contributed by atoms with Crippen molar-refractivity contribution in [3.63, 3.8) is 0 Å². The molecule has 0 unspecified atom stereocenters.